The Labute approximate surface area is 161 Å². The Bertz CT molecular complexity index is 765. The molecule has 1 aromatic carbocycles. The van der Waals surface area contributed by atoms with Gasteiger partial charge >= 0.3 is 0 Å². The van der Waals surface area contributed by atoms with Crippen LogP contribution in [0.5, 0.6) is 0 Å². The summed E-state index contributed by atoms with van der Waals surface area (Å²) in [6.45, 7) is 9.59. The summed E-state index contributed by atoms with van der Waals surface area (Å²) in [7, 11) is 0. The number of aryl methyl sites for hydroxylation is 1. The number of hydrogen-bond donors (Lipinski definition) is 1. The second-order valence-corrected chi connectivity index (χ2v) is 8.32. The third kappa shape index (κ3) is 3.98. The zero-order chi connectivity index (χ0) is 18.1. The van der Waals surface area contributed by atoms with Crippen LogP contribution >= 0.6 is 11.6 Å². The van der Waals surface area contributed by atoms with Crippen LogP contribution in [0.15, 0.2) is 24.3 Å². The van der Waals surface area contributed by atoms with E-state index in [1.807, 2.05) is 18.2 Å². The molecule has 1 aliphatic carbocycles. The Morgan fingerprint density at radius 3 is 2.77 bits per heavy atom. The van der Waals surface area contributed by atoms with Crippen LogP contribution < -0.4 is 5.32 Å². The molecule has 1 unspecified atom stereocenters. The highest BCUT2D eigenvalue weighted by molar-refractivity contribution is 6.31. The van der Waals surface area contributed by atoms with Gasteiger partial charge < -0.3 is 10.2 Å². The van der Waals surface area contributed by atoms with Gasteiger partial charge in [-0.05, 0) is 63.7 Å². The van der Waals surface area contributed by atoms with Gasteiger partial charge in [0.1, 0.15) is 0 Å². The first-order valence-electron chi connectivity index (χ1n) is 9.83. The lowest BCUT2D eigenvalue weighted by Gasteiger charge is -2.15. The van der Waals surface area contributed by atoms with Crippen molar-refractivity contribution in [1.29, 1.82) is 0 Å². The Hall–Kier alpha value is -1.36. The smallest absolute Gasteiger partial charge is 0.0677 e. The molecule has 4 nitrogen and oxygen atoms in total. The average Bonchev–Trinajstić information content (AvgIpc) is 3.32. The highest BCUT2D eigenvalue weighted by Crippen LogP contribution is 2.31. The molecule has 1 N–H and O–H groups in total. The highest BCUT2D eigenvalue weighted by atomic mass is 35.5. The van der Waals surface area contributed by atoms with E-state index in [0.717, 1.165) is 47.9 Å². The minimum Gasteiger partial charge on any atom is -0.312 e. The molecule has 1 saturated carbocycles. The van der Waals surface area contributed by atoms with E-state index in [2.05, 4.69) is 34.8 Å². The van der Waals surface area contributed by atoms with Crippen molar-refractivity contribution < 1.29 is 0 Å². The molecule has 2 aliphatic rings. The largest absolute Gasteiger partial charge is 0.312 e. The van der Waals surface area contributed by atoms with Crippen molar-refractivity contribution in [3.8, 4) is 0 Å². The third-order valence-electron chi connectivity index (χ3n) is 5.92. The number of benzene rings is 1. The summed E-state index contributed by atoms with van der Waals surface area (Å²) < 4.78 is 2.08. The predicted molar refractivity (Wildman–Crippen MR) is 107 cm³/mol. The standard InChI is InChI=1S/C21H29ClN4/c1-15-20(12-23-11-17-9-10-25(13-17)19-7-8-19)16(2)26(24-15)14-18-5-3-4-6-21(18)22/h3-6,17,19,23H,7-14H2,1-2H3. The molecule has 1 saturated heterocycles. The molecule has 4 rings (SSSR count). The van der Waals surface area contributed by atoms with Crippen LogP contribution in [0.4, 0.5) is 0 Å². The van der Waals surface area contributed by atoms with Gasteiger partial charge in [0.2, 0.25) is 0 Å². The summed E-state index contributed by atoms with van der Waals surface area (Å²) >= 11 is 6.31. The Balaban J connectivity index is 1.33. The van der Waals surface area contributed by atoms with E-state index in [-0.39, 0.29) is 0 Å². The van der Waals surface area contributed by atoms with Gasteiger partial charge in [0.05, 0.1) is 12.2 Å². The number of likely N-dealkylation sites (tertiary alicyclic amines) is 1. The zero-order valence-electron chi connectivity index (χ0n) is 15.8. The van der Waals surface area contributed by atoms with Crippen molar-refractivity contribution in [1.82, 2.24) is 20.0 Å². The van der Waals surface area contributed by atoms with Gasteiger partial charge in [0.25, 0.3) is 0 Å². The number of nitrogens with zero attached hydrogens (tertiary/aromatic N) is 3. The molecule has 1 aliphatic heterocycles. The van der Waals surface area contributed by atoms with E-state index in [1.165, 1.54) is 43.6 Å². The molecule has 0 amide bonds. The van der Waals surface area contributed by atoms with Crippen molar-refractivity contribution in [2.75, 3.05) is 19.6 Å². The molecule has 0 spiro atoms. The van der Waals surface area contributed by atoms with Gasteiger partial charge in [-0.15, -0.1) is 0 Å². The van der Waals surface area contributed by atoms with E-state index >= 15 is 0 Å². The van der Waals surface area contributed by atoms with E-state index in [1.54, 1.807) is 0 Å². The van der Waals surface area contributed by atoms with Gasteiger partial charge in [-0.2, -0.15) is 5.10 Å². The average molecular weight is 373 g/mol. The SMILES string of the molecule is Cc1nn(Cc2ccccc2Cl)c(C)c1CNCC1CCN(C2CC2)C1. The first-order chi connectivity index (χ1) is 12.6. The van der Waals surface area contributed by atoms with Gasteiger partial charge in [-0.3, -0.25) is 4.68 Å². The lowest BCUT2D eigenvalue weighted by molar-refractivity contribution is 0.312. The summed E-state index contributed by atoms with van der Waals surface area (Å²) in [6.07, 6.45) is 4.18. The molecule has 140 valence electrons. The quantitative estimate of drug-likeness (QED) is 0.803. The second kappa shape index (κ2) is 7.71. The fraction of sp³-hybridized carbons (Fsp3) is 0.571. The maximum Gasteiger partial charge on any atom is 0.0677 e. The molecular formula is C21H29ClN4. The minimum absolute atomic E-state index is 0.728. The molecule has 0 radical (unpaired) electrons. The number of halogens is 1. The first kappa shape index (κ1) is 18.0. The summed E-state index contributed by atoms with van der Waals surface area (Å²) in [5, 5.41) is 9.24. The van der Waals surface area contributed by atoms with Crippen LogP contribution in [-0.2, 0) is 13.1 Å². The highest BCUT2D eigenvalue weighted by Gasteiger charge is 2.34. The maximum atomic E-state index is 6.31. The zero-order valence-corrected chi connectivity index (χ0v) is 16.6. The van der Waals surface area contributed by atoms with Gasteiger partial charge in [-0.1, -0.05) is 29.8 Å². The fourth-order valence-electron chi connectivity index (χ4n) is 4.13. The van der Waals surface area contributed by atoms with Crippen LogP contribution in [0, 0.1) is 19.8 Å². The maximum absolute atomic E-state index is 6.31. The monoisotopic (exact) mass is 372 g/mol. The number of hydrogen-bond acceptors (Lipinski definition) is 3. The summed E-state index contributed by atoms with van der Waals surface area (Å²) in [6, 6.07) is 8.92. The Morgan fingerprint density at radius 1 is 1.19 bits per heavy atom. The molecule has 26 heavy (non-hydrogen) atoms. The van der Waals surface area contributed by atoms with Crippen LogP contribution in [0.3, 0.4) is 0 Å². The van der Waals surface area contributed by atoms with Crippen LogP contribution in [-0.4, -0.2) is 40.4 Å². The lowest BCUT2D eigenvalue weighted by Crippen LogP contribution is -2.27. The van der Waals surface area contributed by atoms with Crippen molar-refractivity contribution in [3.63, 3.8) is 0 Å². The number of nitrogens with one attached hydrogen (secondary N) is 1. The van der Waals surface area contributed by atoms with E-state index in [9.17, 15) is 0 Å². The van der Waals surface area contributed by atoms with Crippen molar-refractivity contribution in [3.05, 3.63) is 51.8 Å². The Morgan fingerprint density at radius 2 is 2.00 bits per heavy atom. The molecular weight excluding hydrogens is 344 g/mol. The first-order valence-corrected chi connectivity index (χ1v) is 10.2. The lowest BCUT2D eigenvalue weighted by atomic mass is 10.1. The minimum atomic E-state index is 0.728. The molecule has 1 aromatic heterocycles. The third-order valence-corrected chi connectivity index (χ3v) is 6.29. The normalized spacial score (nSPS) is 20.8. The summed E-state index contributed by atoms with van der Waals surface area (Å²) in [5.74, 6) is 0.800. The molecule has 0 bridgehead atoms. The summed E-state index contributed by atoms with van der Waals surface area (Å²) in [5.41, 5.74) is 4.80. The van der Waals surface area contributed by atoms with Crippen molar-refractivity contribution in [2.45, 2.75) is 52.2 Å². The molecule has 1 atom stereocenters. The van der Waals surface area contributed by atoms with Gasteiger partial charge in [0, 0.05) is 35.4 Å². The predicted octanol–water partition coefficient (Wildman–Crippen LogP) is 3.78. The van der Waals surface area contributed by atoms with Crippen LogP contribution in [0.25, 0.3) is 0 Å². The van der Waals surface area contributed by atoms with Crippen LogP contribution in [0.1, 0.15) is 41.8 Å². The van der Waals surface area contributed by atoms with E-state index in [4.69, 9.17) is 16.7 Å². The molecule has 2 aromatic rings. The van der Waals surface area contributed by atoms with Crippen molar-refractivity contribution >= 4 is 11.6 Å². The topological polar surface area (TPSA) is 33.1 Å². The van der Waals surface area contributed by atoms with Gasteiger partial charge in [0.15, 0.2) is 0 Å². The number of rotatable bonds is 7. The number of aromatic nitrogens is 2. The molecule has 5 heteroatoms. The van der Waals surface area contributed by atoms with Gasteiger partial charge in [-0.25, -0.2) is 0 Å². The van der Waals surface area contributed by atoms with Crippen LogP contribution in [0.2, 0.25) is 5.02 Å². The molecule has 2 fully saturated rings. The molecule has 2 heterocycles. The second-order valence-electron chi connectivity index (χ2n) is 7.91. The van der Waals surface area contributed by atoms with Crippen molar-refractivity contribution in [2.24, 2.45) is 5.92 Å². The fourth-order valence-corrected chi connectivity index (χ4v) is 4.33. The summed E-state index contributed by atoms with van der Waals surface area (Å²) in [4.78, 5) is 2.68. The van der Waals surface area contributed by atoms with E-state index in [0.29, 0.717) is 0 Å². The van der Waals surface area contributed by atoms with E-state index < -0.39 is 0 Å². The Kier molecular flexibility index (Phi) is 5.35.